The van der Waals surface area contributed by atoms with Crippen LogP contribution in [0.5, 0.6) is 0 Å². The van der Waals surface area contributed by atoms with Crippen molar-refractivity contribution in [1.29, 1.82) is 0 Å². The van der Waals surface area contributed by atoms with Crippen LogP contribution in [0.1, 0.15) is 19.0 Å². The molecule has 14 heavy (non-hydrogen) atoms. The molecule has 76 valence electrons. The molecule has 0 aromatic carbocycles. The highest BCUT2D eigenvalue weighted by molar-refractivity contribution is 5.17. The number of rotatable bonds is 1. The molecule has 0 bridgehead atoms. The summed E-state index contributed by atoms with van der Waals surface area (Å²) >= 11 is 0. The molecule has 1 fully saturated rings. The minimum Gasteiger partial charge on any atom is -0.382 e. The highest BCUT2D eigenvalue weighted by Crippen LogP contribution is 2.35. The third-order valence-electron chi connectivity index (χ3n) is 3.31. The molecule has 0 spiro atoms. The fourth-order valence-corrected chi connectivity index (χ4v) is 2.07. The van der Waals surface area contributed by atoms with Crippen molar-refractivity contribution >= 4 is 0 Å². The SMILES string of the molecule is CC1N(C)CCC1(O)c1ccccn1. The topological polar surface area (TPSA) is 36.4 Å². The second kappa shape index (κ2) is 3.33. The molecular weight excluding hydrogens is 176 g/mol. The summed E-state index contributed by atoms with van der Waals surface area (Å²) in [6.45, 7) is 2.97. The fraction of sp³-hybridized carbons (Fsp3) is 0.545. The van der Waals surface area contributed by atoms with Crippen LogP contribution in [-0.4, -0.2) is 34.6 Å². The summed E-state index contributed by atoms with van der Waals surface area (Å²) in [5.74, 6) is 0. The van der Waals surface area contributed by atoms with Gasteiger partial charge in [-0.3, -0.25) is 4.98 Å². The molecule has 1 N–H and O–H groups in total. The third kappa shape index (κ3) is 1.33. The van der Waals surface area contributed by atoms with E-state index in [4.69, 9.17) is 0 Å². The second-order valence-electron chi connectivity index (χ2n) is 4.05. The van der Waals surface area contributed by atoms with E-state index >= 15 is 0 Å². The zero-order chi connectivity index (χ0) is 10.2. The quantitative estimate of drug-likeness (QED) is 0.721. The van der Waals surface area contributed by atoms with Crippen LogP contribution in [0.25, 0.3) is 0 Å². The molecule has 1 saturated heterocycles. The zero-order valence-electron chi connectivity index (χ0n) is 8.64. The first-order valence-electron chi connectivity index (χ1n) is 4.99. The van der Waals surface area contributed by atoms with Gasteiger partial charge in [0, 0.05) is 18.8 Å². The van der Waals surface area contributed by atoms with E-state index in [1.807, 2.05) is 32.2 Å². The number of aromatic nitrogens is 1. The number of hydrogen-bond acceptors (Lipinski definition) is 3. The van der Waals surface area contributed by atoms with E-state index in [0.717, 1.165) is 18.7 Å². The van der Waals surface area contributed by atoms with Gasteiger partial charge in [0.05, 0.1) is 5.69 Å². The lowest BCUT2D eigenvalue weighted by atomic mass is 9.91. The molecule has 1 aliphatic heterocycles. The predicted molar refractivity (Wildman–Crippen MR) is 54.8 cm³/mol. The molecule has 0 aliphatic carbocycles. The van der Waals surface area contributed by atoms with E-state index in [1.54, 1.807) is 6.20 Å². The summed E-state index contributed by atoms with van der Waals surface area (Å²) in [6, 6.07) is 5.83. The molecule has 2 atom stereocenters. The Morgan fingerprint density at radius 1 is 1.57 bits per heavy atom. The molecule has 3 heteroatoms. The number of hydrogen-bond donors (Lipinski definition) is 1. The molecule has 2 unspecified atom stereocenters. The Morgan fingerprint density at radius 3 is 2.86 bits per heavy atom. The Labute approximate surface area is 84.4 Å². The maximum absolute atomic E-state index is 10.5. The van der Waals surface area contributed by atoms with Crippen molar-refractivity contribution < 1.29 is 5.11 Å². The average Bonchev–Trinajstić information content (AvgIpc) is 2.49. The molecule has 1 aromatic heterocycles. The molecule has 1 aromatic rings. The lowest BCUT2D eigenvalue weighted by Crippen LogP contribution is -2.39. The second-order valence-corrected chi connectivity index (χ2v) is 4.05. The summed E-state index contributed by atoms with van der Waals surface area (Å²) < 4.78 is 0. The Kier molecular flexibility index (Phi) is 2.29. The summed E-state index contributed by atoms with van der Waals surface area (Å²) in [6.07, 6.45) is 2.50. The van der Waals surface area contributed by atoms with Crippen LogP contribution in [-0.2, 0) is 5.60 Å². The monoisotopic (exact) mass is 192 g/mol. The highest BCUT2D eigenvalue weighted by atomic mass is 16.3. The van der Waals surface area contributed by atoms with Crippen LogP contribution in [0.3, 0.4) is 0 Å². The van der Waals surface area contributed by atoms with Crippen LogP contribution in [0.2, 0.25) is 0 Å². The van der Waals surface area contributed by atoms with E-state index in [0.29, 0.717) is 0 Å². The van der Waals surface area contributed by atoms with E-state index in [1.165, 1.54) is 0 Å². The van der Waals surface area contributed by atoms with Crippen molar-refractivity contribution in [3.8, 4) is 0 Å². The van der Waals surface area contributed by atoms with Crippen molar-refractivity contribution in [3.63, 3.8) is 0 Å². The van der Waals surface area contributed by atoms with Crippen molar-refractivity contribution in [2.75, 3.05) is 13.6 Å². The lowest BCUT2D eigenvalue weighted by Gasteiger charge is -2.29. The molecule has 2 heterocycles. The summed E-state index contributed by atoms with van der Waals surface area (Å²) in [5, 5.41) is 10.5. The highest BCUT2D eigenvalue weighted by Gasteiger charge is 2.43. The van der Waals surface area contributed by atoms with Gasteiger partial charge in [0.2, 0.25) is 0 Å². The summed E-state index contributed by atoms with van der Waals surface area (Å²) in [4.78, 5) is 6.40. The summed E-state index contributed by atoms with van der Waals surface area (Å²) in [5.41, 5.74) is 0.0209. The Morgan fingerprint density at radius 2 is 2.36 bits per heavy atom. The van der Waals surface area contributed by atoms with Gasteiger partial charge >= 0.3 is 0 Å². The molecule has 0 radical (unpaired) electrons. The Hall–Kier alpha value is -0.930. The average molecular weight is 192 g/mol. The van der Waals surface area contributed by atoms with Crippen LogP contribution in [0, 0.1) is 0 Å². The molecule has 2 rings (SSSR count). The van der Waals surface area contributed by atoms with E-state index in [-0.39, 0.29) is 6.04 Å². The standard InChI is InChI=1S/C11H16N2O/c1-9-11(14,6-8-13(9)2)10-5-3-4-7-12-10/h3-5,7,9,14H,6,8H2,1-2H3. The van der Waals surface area contributed by atoms with Crippen LogP contribution < -0.4 is 0 Å². The maximum Gasteiger partial charge on any atom is 0.123 e. The predicted octanol–water partition coefficient (Wildman–Crippen LogP) is 0.993. The van der Waals surface area contributed by atoms with E-state index in [2.05, 4.69) is 9.88 Å². The van der Waals surface area contributed by atoms with Crippen LogP contribution in [0.15, 0.2) is 24.4 Å². The number of likely N-dealkylation sites (N-methyl/N-ethyl adjacent to an activating group) is 1. The normalized spacial score (nSPS) is 33.5. The maximum atomic E-state index is 10.5. The van der Waals surface area contributed by atoms with Crippen LogP contribution in [0.4, 0.5) is 0 Å². The minimum absolute atomic E-state index is 0.136. The van der Waals surface area contributed by atoms with Gasteiger partial charge in [0.1, 0.15) is 5.60 Å². The number of aliphatic hydroxyl groups is 1. The smallest absolute Gasteiger partial charge is 0.123 e. The van der Waals surface area contributed by atoms with Gasteiger partial charge in [-0.15, -0.1) is 0 Å². The van der Waals surface area contributed by atoms with Gasteiger partial charge in [0.25, 0.3) is 0 Å². The van der Waals surface area contributed by atoms with Crippen molar-refractivity contribution in [3.05, 3.63) is 30.1 Å². The number of pyridine rings is 1. The number of likely N-dealkylation sites (tertiary alicyclic amines) is 1. The first kappa shape index (κ1) is 9.62. The molecular formula is C11H16N2O. The molecule has 3 nitrogen and oxygen atoms in total. The molecule has 1 aliphatic rings. The van der Waals surface area contributed by atoms with E-state index < -0.39 is 5.60 Å². The lowest BCUT2D eigenvalue weighted by molar-refractivity contribution is 0.00687. The zero-order valence-corrected chi connectivity index (χ0v) is 8.64. The van der Waals surface area contributed by atoms with E-state index in [9.17, 15) is 5.11 Å². The van der Waals surface area contributed by atoms with Gasteiger partial charge in [-0.25, -0.2) is 0 Å². The first-order chi connectivity index (χ1) is 6.64. The largest absolute Gasteiger partial charge is 0.382 e. The minimum atomic E-state index is -0.768. The van der Waals surface area contributed by atoms with Gasteiger partial charge < -0.3 is 10.0 Å². The van der Waals surface area contributed by atoms with Gasteiger partial charge in [-0.05, 0) is 32.5 Å². The summed E-state index contributed by atoms with van der Waals surface area (Å²) in [7, 11) is 2.03. The molecule has 0 saturated carbocycles. The van der Waals surface area contributed by atoms with Crippen molar-refractivity contribution in [2.24, 2.45) is 0 Å². The van der Waals surface area contributed by atoms with Gasteiger partial charge in [-0.1, -0.05) is 6.07 Å². The fourth-order valence-electron chi connectivity index (χ4n) is 2.07. The van der Waals surface area contributed by atoms with Gasteiger partial charge in [0.15, 0.2) is 0 Å². The van der Waals surface area contributed by atoms with Crippen LogP contribution >= 0.6 is 0 Å². The Balaban J connectivity index is 2.34. The Bertz CT molecular complexity index is 314. The van der Waals surface area contributed by atoms with Crippen molar-refractivity contribution in [1.82, 2.24) is 9.88 Å². The van der Waals surface area contributed by atoms with Gasteiger partial charge in [-0.2, -0.15) is 0 Å². The number of nitrogens with zero attached hydrogens (tertiary/aromatic N) is 2. The van der Waals surface area contributed by atoms with Crippen molar-refractivity contribution in [2.45, 2.75) is 25.0 Å². The molecule has 0 amide bonds. The first-order valence-corrected chi connectivity index (χ1v) is 4.99. The third-order valence-corrected chi connectivity index (χ3v) is 3.31.